The summed E-state index contributed by atoms with van der Waals surface area (Å²) in [6.07, 6.45) is 7.89. The van der Waals surface area contributed by atoms with Crippen LogP contribution >= 0.6 is 0 Å². The Hall–Kier alpha value is -1.57. The van der Waals surface area contributed by atoms with Crippen LogP contribution in [0.4, 0.5) is 0 Å². The summed E-state index contributed by atoms with van der Waals surface area (Å²) < 4.78 is 5.29. The van der Waals surface area contributed by atoms with Gasteiger partial charge in [0, 0.05) is 6.08 Å². The summed E-state index contributed by atoms with van der Waals surface area (Å²) in [5.74, 6) is 0.243. The maximum absolute atomic E-state index is 11.6. The van der Waals surface area contributed by atoms with Gasteiger partial charge in [-0.2, -0.15) is 0 Å². The van der Waals surface area contributed by atoms with Crippen LogP contribution in [0, 0.1) is 5.92 Å². The quantitative estimate of drug-likeness (QED) is 0.509. The number of carbonyl (C=O) groups is 1. The van der Waals surface area contributed by atoms with Crippen LogP contribution in [0.15, 0.2) is 36.4 Å². The molecule has 1 unspecified atom stereocenters. The summed E-state index contributed by atoms with van der Waals surface area (Å²) in [5, 5.41) is 0. The lowest BCUT2D eigenvalue weighted by Gasteiger charge is -2.13. The second-order valence-electron chi connectivity index (χ2n) is 4.79. The second kappa shape index (κ2) is 9.37. The minimum Gasteiger partial charge on any atom is -0.462 e. The number of esters is 1. The van der Waals surface area contributed by atoms with E-state index in [0.717, 1.165) is 18.4 Å². The Morgan fingerprint density at radius 3 is 2.63 bits per heavy atom. The van der Waals surface area contributed by atoms with Crippen LogP contribution in [0.25, 0.3) is 6.08 Å². The first-order chi connectivity index (χ1) is 9.26. The maximum atomic E-state index is 11.6. The predicted octanol–water partition coefficient (Wildman–Crippen LogP) is 4.46. The van der Waals surface area contributed by atoms with E-state index in [1.807, 2.05) is 30.3 Å². The van der Waals surface area contributed by atoms with Crippen molar-refractivity contribution in [3.05, 3.63) is 42.0 Å². The molecule has 2 nitrogen and oxygen atoms in total. The van der Waals surface area contributed by atoms with E-state index in [9.17, 15) is 4.79 Å². The molecule has 19 heavy (non-hydrogen) atoms. The zero-order valence-electron chi connectivity index (χ0n) is 12.0. The second-order valence-corrected chi connectivity index (χ2v) is 4.79. The van der Waals surface area contributed by atoms with E-state index in [1.54, 1.807) is 6.08 Å². The first-order valence-corrected chi connectivity index (χ1v) is 7.16. The highest BCUT2D eigenvalue weighted by atomic mass is 16.5. The Kier molecular flexibility index (Phi) is 7.64. The van der Waals surface area contributed by atoms with Gasteiger partial charge < -0.3 is 4.74 Å². The molecule has 0 fully saturated rings. The average molecular weight is 260 g/mol. The number of unbranched alkanes of at least 4 members (excludes halogenated alkanes) is 1. The van der Waals surface area contributed by atoms with Gasteiger partial charge in [0.1, 0.15) is 0 Å². The predicted molar refractivity (Wildman–Crippen MR) is 79.7 cm³/mol. The molecule has 2 heteroatoms. The largest absolute Gasteiger partial charge is 0.462 e. The number of rotatable bonds is 8. The summed E-state index contributed by atoms with van der Waals surface area (Å²) in [7, 11) is 0. The molecule has 0 aliphatic heterocycles. The van der Waals surface area contributed by atoms with Crippen LogP contribution in [0.1, 0.15) is 45.1 Å². The fourth-order valence-corrected chi connectivity index (χ4v) is 1.87. The van der Waals surface area contributed by atoms with Gasteiger partial charge in [-0.05, 0) is 24.0 Å². The Labute approximate surface area is 116 Å². The van der Waals surface area contributed by atoms with Gasteiger partial charge in [-0.25, -0.2) is 4.79 Å². The summed E-state index contributed by atoms with van der Waals surface area (Å²) in [6, 6.07) is 9.76. The van der Waals surface area contributed by atoms with E-state index < -0.39 is 0 Å². The Balaban J connectivity index is 2.32. The highest BCUT2D eigenvalue weighted by molar-refractivity contribution is 5.87. The minimum atomic E-state index is -0.251. The van der Waals surface area contributed by atoms with Crippen LogP contribution < -0.4 is 0 Å². The lowest BCUT2D eigenvalue weighted by molar-refractivity contribution is -0.139. The summed E-state index contributed by atoms with van der Waals surface area (Å²) >= 11 is 0. The Morgan fingerprint density at radius 2 is 2.00 bits per heavy atom. The molecule has 0 saturated carbocycles. The van der Waals surface area contributed by atoms with Gasteiger partial charge in [-0.1, -0.05) is 63.4 Å². The fourth-order valence-electron chi connectivity index (χ4n) is 1.87. The van der Waals surface area contributed by atoms with E-state index in [-0.39, 0.29) is 5.97 Å². The molecule has 0 radical (unpaired) electrons. The molecule has 0 aliphatic carbocycles. The molecule has 1 aromatic rings. The van der Waals surface area contributed by atoms with Gasteiger partial charge in [0.2, 0.25) is 0 Å². The van der Waals surface area contributed by atoms with Crippen molar-refractivity contribution in [1.82, 2.24) is 0 Å². The molecule has 104 valence electrons. The molecule has 0 N–H and O–H groups in total. The third kappa shape index (κ3) is 6.80. The van der Waals surface area contributed by atoms with E-state index >= 15 is 0 Å². The zero-order chi connectivity index (χ0) is 13.9. The first kappa shape index (κ1) is 15.5. The number of carbonyl (C=O) groups excluding carboxylic acids is 1. The number of hydrogen-bond donors (Lipinski definition) is 0. The van der Waals surface area contributed by atoms with Crippen LogP contribution in [-0.2, 0) is 9.53 Å². The van der Waals surface area contributed by atoms with E-state index in [0.29, 0.717) is 12.5 Å². The number of ether oxygens (including phenoxy) is 1. The Bertz CT molecular complexity index is 382. The van der Waals surface area contributed by atoms with Gasteiger partial charge in [0.15, 0.2) is 0 Å². The Morgan fingerprint density at radius 1 is 1.26 bits per heavy atom. The third-order valence-corrected chi connectivity index (χ3v) is 3.22. The SMILES string of the molecule is CCCCC(CC)COC(=O)C=Cc1ccccc1. The molecule has 1 rings (SSSR count). The number of benzene rings is 1. The van der Waals surface area contributed by atoms with Crippen LogP contribution in [0.5, 0.6) is 0 Å². The summed E-state index contributed by atoms with van der Waals surface area (Å²) in [6.45, 7) is 4.86. The van der Waals surface area contributed by atoms with Gasteiger partial charge in [-0.3, -0.25) is 0 Å². The van der Waals surface area contributed by atoms with Crippen molar-refractivity contribution in [2.45, 2.75) is 39.5 Å². The molecule has 1 aromatic carbocycles. The monoisotopic (exact) mass is 260 g/mol. The van der Waals surface area contributed by atoms with Crippen molar-refractivity contribution in [2.75, 3.05) is 6.61 Å². The molecular weight excluding hydrogens is 236 g/mol. The maximum Gasteiger partial charge on any atom is 0.330 e. The fraction of sp³-hybridized carbons (Fsp3) is 0.471. The zero-order valence-corrected chi connectivity index (χ0v) is 12.0. The lowest BCUT2D eigenvalue weighted by Crippen LogP contribution is -2.12. The van der Waals surface area contributed by atoms with Crippen molar-refractivity contribution < 1.29 is 9.53 Å². The first-order valence-electron chi connectivity index (χ1n) is 7.16. The van der Waals surface area contributed by atoms with Crippen LogP contribution in [-0.4, -0.2) is 12.6 Å². The third-order valence-electron chi connectivity index (χ3n) is 3.22. The molecule has 0 spiro atoms. The standard InChI is InChI=1S/C17H24O2/c1-3-5-9-15(4-2)14-19-17(18)13-12-16-10-7-6-8-11-16/h6-8,10-13,15H,3-5,9,14H2,1-2H3. The molecule has 0 bridgehead atoms. The van der Waals surface area contributed by atoms with Crippen LogP contribution in [0.2, 0.25) is 0 Å². The van der Waals surface area contributed by atoms with Gasteiger partial charge >= 0.3 is 5.97 Å². The molecule has 1 atom stereocenters. The van der Waals surface area contributed by atoms with Crippen molar-refractivity contribution in [3.8, 4) is 0 Å². The van der Waals surface area contributed by atoms with Gasteiger partial charge in [0.25, 0.3) is 0 Å². The average Bonchev–Trinajstić information content (AvgIpc) is 2.46. The normalized spacial score (nSPS) is 12.5. The molecule has 0 saturated heterocycles. The molecule has 0 aliphatic rings. The molecule has 0 aromatic heterocycles. The summed E-state index contributed by atoms with van der Waals surface area (Å²) in [5.41, 5.74) is 1.01. The van der Waals surface area contributed by atoms with Crippen molar-refractivity contribution in [3.63, 3.8) is 0 Å². The van der Waals surface area contributed by atoms with E-state index in [2.05, 4.69) is 13.8 Å². The molecule has 0 heterocycles. The highest BCUT2D eigenvalue weighted by Crippen LogP contribution is 2.13. The number of hydrogen-bond acceptors (Lipinski definition) is 2. The lowest BCUT2D eigenvalue weighted by atomic mass is 10.0. The van der Waals surface area contributed by atoms with E-state index in [1.165, 1.54) is 18.9 Å². The van der Waals surface area contributed by atoms with Crippen LogP contribution in [0.3, 0.4) is 0 Å². The van der Waals surface area contributed by atoms with Crippen molar-refractivity contribution in [1.29, 1.82) is 0 Å². The van der Waals surface area contributed by atoms with E-state index in [4.69, 9.17) is 4.74 Å². The highest BCUT2D eigenvalue weighted by Gasteiger charge is 2.08. The molecular formula is C17H24O2. The van der Waals surface area contributed by atoms with Crippen molar-refractivity contribution in [2.24, 2.45) is 5.92 Å². The topological polar surface area (TPSA) is 26.3 Å². The van der Waals surface area contributed by atoms with Crippen molar-refractivity contribution >= 4 is 12.0 Å². The minimum absolute atomic E-state index is 0.251. The molecule has 0 amide bonds. The van der Waals surface area contributed by atoms with Gasteiger partial charge in [0.05, 0.1) is 6.61 Å². The smallest absolute Gasteiger partial charge is 0.330 e. The summed E-state index contributed by atoms with van der Waals surface area (Å²) in [4.78, 5) is 11.6. The van der Waals surface area contributed by atoms with Gasteiger partial charge in [-0.15, -0.1) is 0 Å².